The molecule has 0 radical (unpaired) electrons. The van der Waals surface area contributed by atoms with Crippen LogP contribution < -0.4 is 20.1 Å². The number of nitrogens with one attached hydrogen (secondary N) is 4. The monoisotopic (exact) mass is 619 g/mol. The maximum Gasteiger partial charge on any atom is 0.323 e. The third kappa shape index (κ3) is 6.91. The Balaban J connectivity index is 1.33. The number of fused-ring (bicyclic) bond motifs is 2. The zero-order valence-corrected chi connectivity index (χ0v) is 25.0. The molecule has 13 heteroatoms. The van der Waals surface area contributed by atoms with E-state index in [1.54, 1.807) is 0 Å². The smallest absolute Gasteiger partial charge is 0.323 e. The van der Waals surface area contributed by atoms with E-state index in [4.69, 9.17) is 11.6 Å². The lowest BCUT2D eigenvalue weighted by Crippen LogP contribution is -2.58. The summed E-state index contributed by atoms with van der Waals surface area (Å²) in [5.74, 6) is -2.20. The molecule has 42 heavy (non-hydrogen) atoms. The minimum absolute atomic E-state index is 0.0622. The van der Waals surface area contributed by atoms with Crippen LogP contribution in [0.15, 0.2) is 36.4 Å². The number of halogens is 1. The first-order valence-electron chi connectivity index (χ1n) is 14.8. The molecule has 228 valence electrons. The summed E-state index contributed by atoms with van der Waals surface area (Å²) in [6.45, 7) is 0.370. The van der Waals surface area contributed by atoms with Gasteiger partial charge in [0.05, 0.1) is 5.69 Å². The SMILES string of the molecule is O=C(N[C@H]1CCCCC/C=C\[C@H]2C[C@@]2(C(=O)NS(=O)(=O)Nc2ccc(Cl)cc2)NC(=O)[C@@H]2CCCN2C1=O)C1CCC1. The van der Waals surface area contributed by atoms with Crippen molar-refractivity contribution in [2.75, 3.05) is 11.3 Å². The molecule has 0 unspecified atom stereocenters. The van der Waals surface area contributed by atoms with Crippen LogP contribution in [-0.2, 0) is 29.4 Å². The van der Waals surface area contributed by atoms with E-state index in [-0.39, 0.29) is 29.8 Å². The highest BCUT2D eigenvalue weighted by atomic mass is 35.5. The van der Waals surface area contributed by atoms with E-state index in [9.17, 15) is 27.6 Å². The van der Waals surface area contributed by atoms with Gasteiger partial charge in [0.1, 0.15) is 17.6 Å². The van der Waals surface area contributed by atoms with Crippen molar-refractivity contribution in [1.82, 2.24) is 20.3 Å². The Morgan fingerprint density at radius 2 is 1.74 bits per heavy atom. The van der Waals surface area contributed by atoms with Gasteiger partial charge >= 0.3 is 10.2 Å². The van der Waals surface area contributed by atoms with Crippen LogP contribution in [-0.4, -0.2) is 61.1 Å². The Bertz CT molecular complexity index is 1350. The van der Waals surface area contributed by atoms with Crippen molar-refractivity contribution >= 4 is 51.1 Å². The number of carbonyl (C=O) groups excluding carboxylic acids is 4. The predicted molar refractivity (Wildman–Crippen MR) is 157 cm³/mol. The third-order valence-electron chi connectivity index (χ3n) is 8.75. The highest BCUT2D eigenvalue weighted by molar-refractivity contribution is 7.91. The summed E-state index contributed by atoms with van der Waals surface area (Å²) in [4.78, 5) is 55.1. The van der Waals surface area contributed by atoms with E-state index in [0.717, 1.165) is 44.9 Å². The number of nitrogens with zero attached hydrogens (tertiary/aromatic N) is 1. The van der Waals surface area contributed by atoms with E-state index >= 15 is 0 Å². The van der Waals surface area contributed by atoms with Crippen molar-refractivity contribution in [3.05, 3.63) is 41.4 Å². The van der Waals surface area contributed by atoms with E-state index in [2.05, 4.69) is 20.1 Å². The van der Waals surface area contributed by atoms with Crippen LogP contribution >= 0.6 is 11.6 Å². The quantitative estimate of drug-likeness (QED) is 0.359. The molecule has 2 heterocycles. The Labute approximate surface area is 251 Å². The predicted octanol–water partition coefficient (Wildman–Crippen LogP) is 2.78. The second kappa shape index (κ2) is 12.6. The highest BCUT2D eigenvalue weighted by Crippen LogP contribution is 2.45. The fourth-order valence-corrected chi connectivity index (χ4v) is 7.01. The van der Waals surface area contributed by atoms with Gasteiger partial charge in [-0.3, -0.25) is 23.9 Å². The van der Waals surface area contributed by atoms with E-state index < -0.39 is 45.6 Å². The summed E-state index contributed by atoms with van der Waals surface area (Å²) < 4.78 is 30.0. The molecule has 11 nitrogen and oxygen atoms in total. The van der Waals surface area contributed by atoms with Gasteiger partial charge in [-0.15, -0.1) is 0 Å². The molecule has 4 atom stereocenters. The third-order valence-corrected chi connectivity index (χ3v) is 9.96. The topological polar surface area (TPSA) is 154 Å². The van der Waals surface area contributed by atoms with Crippen molar-refractivity contribution in [2.45, 2.75) is 88.3 Å². The van der Waals surface area contributed by atoms with Crippen molar-refractivity contribution in [3.63, 3.8) is 0 Å². The molecule has 2 aliphatic carbocycles. The molecule has 0 spiro atoms. The number of rotatable bonds is 6. The molecule has 1 aromatic rings. The Morgan fingerprint density at radius 1 is 0.976 bits per heavy atom. The molecule has 5 rings (SSSR count). The zero-order chi connectivity index (χ0) is 29.9. The van der Waals surface area contributed by atoms with Crippen LogP contribution in [0.1, 0.15) is 70.6 Å². The van der Waals surface area contributed by atoms with Crippen LogP contribution in [0.5, 0.6) is 0 Å². The van der Waals surface area contributed by atoms with Gasteiger partial charge in [-0.05, 0) is 75.6 Å². The molecule has 3 fully saturated rings. The second-order valence-electron chi connectivity index (χ2n) is 11.8. The molecule has 2 saturated carbocycles. The van der Waals surface area contributed by atoms with Gasteiger partial charge in [0.25, 0.3) is 5.91 Å². The highest BCUT2D eigenvalue weighted by Gasteiger charge is 2.61. The summed E-state index contributed by atoms with van der Waals surface area (Å²) in [6, 6.07) is 4.44. The number of hydrogen-bond donors (Lipinski definition) is 4. The molecule has 1 aromatic carbocycles. The van der Waals surface area contributed by atoms with E-state index in [1.807, 2.05) is 12.2 Å². The minimum atomic E-state index is -4.31. The van der Waals surface area contributed by atoms with E-state index in [0.29, 0.717) is 30.8 Å². The second-order valence-corrected chi connectivity index (χ2v) is 13.6. The van der Waals surface area contributed by atoms with Crippen LogP contribution in [0.4, 0.5) is 5.69 Å². The number of anilines is 1. The molecule has 4 aliphatic rings. The fraction of sp³-hybridized carbons (Fsp3) is 0.586. The molecular weight excluding hydrogens is 582 g/mol. The molecule has 4 amide bonds. The van der Waals surface area contributed by atoms with Gasteiger partial charge in [-0.25, -0.2) is 4.72 Å². The number of amides is 4. The Kier molecular flexibility index (Phi) is 9.12. The van der Waals surface area contributed by atoms with Crippen LogP contribution in [0.2, 0.25) is 5.02 Å². The Morgan fingerprint density at radius 3 is 2.45 bits per heavy atom. The summed E-state index contributed by atoms with van der Waals surface area (Å²) in [5, 5.41) is 6.21. The molecule has 0 aromatic heterocycles. The van der Waals surface area contributed by atoms with Gasteiger partial charge in [-0.1, -0.05) is 43.0 Å². The molecule has 0 bridgehead atoms. The van der Waals surface area contributed by atoms with Gasteiger partial charge < -0.3 is 15.5 Å². The molecular formula is C29H38ClN5O6S. The van der Waals surface area contributed by atoms with Crippen LogP contribution in [0, 0.1) is 11.8 Å². The zero-order valence-electron chi connectivity index (χ0n) is 23.4. The van der Waals surface area contributed by atoms with Crippen molar-refractivity contribution in [1.29, 1.82) is 0 Å². The maximum atomic E-state index is 13.7. The lowest BCUT2D eigenvalue weighted by atomic mass is 9.84. The fourth-order valence-electron chi connectivity index (χ4n) is 5.97. The van der Waals surface area contributed by atoms with Crippen LogP contribution in [0.3, 0.4) is 0 Å². The lowest BCUT2D eigenvalue weighted by molar-refractivity contribution is -0.143. The molecule has 2 aliphatic heterocycles. The number of carbonyl (C=O) groups is 4. The van der Waals surface area contributed by atoms with Gasteiger partial charge in [0, 0.05) is 23.4 Å². The Hall–Kier alpha value is -3.12. The summed E-state index contributed by atoms with van der Waals surface area (Å²) in [7, 11) is -4.31. The molecule has 4 N–H and O–H groups in total. The average molecular weight is 620 g/mol. The maximum absolute atomic E-state index is 13.7. The molecule has 1 saturated heterocycles. The number of allylic oxidation sites excluding steroid dienone is 1. The van der Waals surface area contributed by atoms with Crippen molar-refractivity contribution < 1.29 is 27.6 Å². The van der Waals surface area contributed by atoms with Crippen LogP contribution in [0.25, 0.3) is 0 Å². The summed E-state index contributed by atoms with van der Waals surface area (Å²) >= 11 is 5.87. The normalized spacial score (nSPS) is 29.5. The first-order chi connectivity index (χ1) is 20.1. The number of hydrogen-bond acceptors (Lipinski definition) is 6. The van der Waals surface area contributed by atoms with E-state index in [1.165, 1.54) is 29.2 Å². The lowest BCUT2D eigenvalue weighted by Gasteiger charge is -2.32. The largest absolute Gasteiger partial charge is 0.344 e. The first kappa shape index (κ1) is 30.3. The van der Waals surface area contributed by atoms with Crippen molar-refractivity contribution in [2.24, 2.45) is 11.8 Å². The number of benzene rings is 1. The first-order valence-corrected chi connectivity index (χ1v) is 16.6. The average Bonchev–Trinajstić information content (AvgIpc) is 3.36. The van der Waals surface area contributed by atoms with Gasteiger partial charge in [0.2, 0.25) is 17.7 Å². The van der Waals surface area contributed by atoms with Gasteiger partial charge in [0.15, 0.2) is 0 Å². The standard InChI is InChI=1S/C29H38ClN5O6S/c30-21-13-15-22(16-14-21)33-42(40,41)34-28(39)29-18-20(29)10-4-2-1-3-5-11-23(31-25(36)19-8-6-9-19)27(38)35-17-7-12-24(35)26(37)32-29/h4,10,13-16,19-20,23-24,33H,1-3,5-9,11-12,17-18H2,(H,31,36)(H,32,37)(H,34,39)/b10-4-/t20-,23-,24-,29+/m0/s1. The summed E-state index contributed by atoms with van der Waals surface area (Å²) in [5.41, 5.74) is -1.24. The van der Waals surface area contributed by atoms with Crippen molar-refractivity contribution in [3.8, 4) is 0 Å². The van der Waals surface area contributed by atoms with Gasteiger partial charge in [-0.2, -0.15) is 8.42 Å². The summed E-state index contributed by atoms with van der Waals surface area (Å²) in [6.07, 6.45) is 11.4. The minimum Gasteiger partial charge on any atom is -0.344 e.